The predicted molar refractivity (Wildman–Crippen MR) is 60.3 cm³/mol. The van der Waals surface area contributed by atoms with Crippen molar-refractivity contribution in [2.75, 3.05) is 13.1 Å². The Labute approximate surface area is 88.3 Å². The molecule has 0 aromatic rings. The Kier molecular flexibility index (Phi) is 3.82. The van der Waals surface area contributed by atoms with E-state index in [1.54, 1.807) is 0 Å². The molecule has 0 saturated carbocycles. The normalized spacial score (nSPS) is 27.2. The average molecular weight is 207 g/mol. The molecule has 0 spiro atoms. The Morgan fingerprint density at radius 3 is 2.00 bits per heavy atom. The monoisotopic (exact) mass is 206 g/mol. The molecule has 0 amide bonds. The molecular formula is C10H23ClN2. The summed E-state index contributed by atoms with van der Waals surface area (Å²) in [4.78, 5) is 2.47. The van der Waals surface area contributed by atoms with Crippen LogP contribution in [-0.4, -0.2) is 29.6 Å². The quantitative estimate of drug-likeness (QED) is 0.748. The van der Waals surface area contributed by atoms with Gasteiger partial charge in [0.25, 0.3) is 0 Å². The molecule has 80 valence electrons. The van der Waals surface area contributed by atoms with Crippen LogP contribution in [0.25, 0.3) is 0 Å². The molecule has 0 aromatic heterocycles. The number of rotatable bonds is 2. The van der Waals surface area contributed by atoms with E-state index in [1.807, 2.05) is 0 Å². The van der Waals surface area contributed by atoms with Crippen LogP contribution >= 0.6 is 12.4 Å². The van der Waals surface area contributed by atoms with E-state index in [9.17, 15) is 0 Å². The van der Waals surface area contributed by atoms with Crippen molar-refractivity contribution in [1.82, 2.24) is 4.90 Å². The maximum absolute atomic E-state index is 5.77. The lowest BCUT2D eigenvalue weighted by atomic mass is 9.65. The molecule has 1 saturated heterocycles. The van der Waals surface area contributed by atoms with E-state index in [0.717, 1.165) is 6.54 Å². The molecule has 13 heavy (non-hydrogen) atoms. The summed E-state index contributed by atoms with van der Waals surface area (Å²) in [6, 6.07) is 0.292. The van der Waals surface area contributed by atoms with Crippen molar-refractivity contribution in [3.8, 4) is 0 Å². The van der Waals surface area contributed by atoms with Crippen LogP contribution in [0.15, 0.2) is 0 Å². The third kappa shape index (κ3) is 2.17. The van der Waals surface area contributed by atoms with E-state index in [-0.39, 0.29) is 12.4 Å². The zero-order valence-electron chi connectivity index (χ0n) is 9.42. The van der Waals surface area contributed by atoms with Crippen molar-refractivity contribution in [3.63, 3.8) is 0 Å². The zero-order valence-corrected chi connectivity index (χ0v) is 10.2. The van der Waals surface area contributed by atoms with Gasteiger partial charge in [-0.15, -0.1) is 12.4 Å². The zero-order chi connectivity index (χ0) is 9.57. The van der Waals surface area contributed by atoms with Gasteiger partial charge in [-0.05, 0) is 26.2 Å². The molecule has 0 aromatic carbocycles. The molecule has 1 heterocycles. The molecule has 1 aliphatic heterocycles. The van der Waals surface area contributed by atoms with Crippen LogP contribution in [0.2, 0.25) is 0 Å². The Balaban J connectivity index is 0.00000144. The lowest BCUT2D eigenvalue weighted by Crippen LogP contribution is -2.70. The number of nitrogens with two attached hydrogens (primary N) is 1. The Morgan fingerprint density at radius 2 is 1.77 bits per heavy atom. The van der Waals surface area contributed by atoms with Crippen LogP contribution in [0.5, 0.6) is 0 Å². The first kappa shape index (κ1) is 13.2. The number of hydrogen-bond donors (Lipinski definition) is 1. The van der Waals surface area contributed by atoms with E-state index in [1.165, 1.54) is 6.54 Å². The molecule has 3 heteroatoms. The summed E-state index contributed by atoms with van der Waals surface area (Å²) in [5.74, 6) is 0. The highest BCUT2D eigenvalue weighted by atomic mass is 35.5. The highest BCUT2D eigenvalue weighted by Crippen LogP contribution is 2.45. The largest absolute Gasteiger partial charge is 0.327 e. The first-order valence-corrected chi connectivity index (χ1v) is 4.78. The van der Waals surface area contributed by atoms with Gasteiger partial charge in [0.05, 0.1) is 0 Å². The van der Waals surface area contributed by atoms with Crippen LogP contribution in [0, 0.1) is 5.41 Å². The number of likely N-dealkylation sites (tertiary alicyclic amines) is 1. The molecular weight excluding hydrogens is 184 g/mol. The van der Waals surface area contributed by atoms with Crippen molar-refractivity contribution >= 4 is 12.4 Å². The Hall–Kier alpha value is 0.210. The third-order valence-electron chi connectivity index (χ3n) is 3.54. The van der Waals surface area contributed by atoms with Crippen molar-refractivity contribution in [3.05, 3.63) is 0 Å². The van der Waals surface area contributed by atoms with Crippen molar-refractivity contribution in [1.29, 1.82) is 0 Å². The van der Waals surface area contributed by atoms with Gasteiger partial charge in [-0.2, -0.15) is 0 Å². The third-order valence-corrected chi connectivity index (χ3v) is 3.54. The fraction of sp³-hybridized carbons (Fsp3) is 1.00. The average Bonchev–Trinajstić information content (AvgIpc) is 1.85. The van der Waals surface area contributed by atoms with Crippen molar-refractivity contribution < 1.29 is 0 Å². The summed E-state index contributed by atoms with van der Waals surface area (Å²) in [5, 5.41) is 0. The highest BCUT2D eigenvalue weighted by molar-refractivity contribution is 5.85. The van der Waals surface area contributed by atoms with Crippen molar-refractivity contribution in [2.45, 2.75) is 46.2 Å². The molecule has 1 fully saturated rings. The molecule has 2 nitrogen and oxygen atoms in total. The minimum absolute atomic E-state index is 0. The molecule has 0 radical (unpaired) electrons. The van der Waals surface area contributed by atoms with Gasteiger partial charge >= 0.3 is 0 Å². The van der Waals surface area contributed by atoms with E-state index < -0.39 is 0 Å². The van der Waals surface area contributed by atoms with Gasteiger partial charge in [-0.3, -0.25) is 4.90 Å². The SMILES string of the molecule is CC(N)CN1CC(C)(C)C1(C)C.Cl. The number of halogens is 1. The molecule has 1 aliphatic rings. The van der Waals surface area contributed by atoms with Crippen LogP contribution in [0.3, 0.4) is 0 Å². The van der Waals surface area contributed by atoms with Gasteiger partial charge < -0.3 is 5.73 Å². The van der Waals surface area contributed by atoms with Gasteiger partial charge in [0.2, 0.25) is 0 Å². The molecule has 1 unspecified atom stereocenters. The van der Waals surface area contributed by atoms with Gasteiger partial charge in [-0.1, -0.05) is 13.8 Å². The smallest absolute Gasteiger partial charge is 0.0217 e. The van der Waals surface area contributed by atoms with Crippen LogP contribution in [-0.2, 0) is 0 Å². The second-order valence-electron chi connectivity index (χ2n) is 5.30. The Morgan fingerprint density at radius 1 is 1.31 bits per heavy atom. The van der Waals surface area contributed by atoms with E-state index in [2.05, 4.69) is 39.5 Å². The van der Waals surface area contributed by atoms with E-state index >= 15 is 0 Å². The van der Waals surface area contributed by atoms with Gasteiger partial charge in [0.1, 0.15) is 0 Å². The maximum atomic E-state index is 5.77. The molecule has 2 N–H and O–H groups in total. The van der Waals surface area contributed by atoms with Crippen molar-refractivity contribution in [2.24, 2.45) is 11.1 Å². The summed E-state index contributed by atoms with van der Waals surface area (Å²) >= 11 is 0. The summed E-state index contributed by atoms with van der Waals surface area (Å²) in [5.41, 5.74) is 6.54. The van der Waals surface area contributed by atoms with Gasteiger partial charge in [-0.25, -0.2) is 0 Å². The second kappa shape index (κ2) is 3.76. The topological polar surface area (TPSA) is 29.3 Å². The maximum Gasteiger partial charge on any atom is 0.0217 e. The van der Waals surface area contributed by atoms with E-state index in [0.29, 0.717) is 17.0 Å². The predicted octanol–water partition coefficient (Wildman–Crippen LogP) is 1.88. The molecule has 0 bridgehead atoms. The first-order chi connectivity index (χ1) is 5.27. The highest BCUT2D eigenvalue weighted by Gasteiger charge is 2.51. The standard InChI is InChI=1S/C10H22N2.ClH/c1-8(11)6-12-7-9(2,3)10(12,4)5;/h8H,6-7,11H2,1-5H3;1H. The number of nitrogens with zero attached hydrogens (tertiary/aromatic N) is 1. The summed E-state index contributed by atoms with van der Waals surface area (Å²) < 4.78 is 0. The fourth-order valence-corrected chi connectivity index (χ4v) is 1.85. The first-order valence-electron chi connectivity index (χ1n) is 4.78. The fourth-order valence-electron chi connectivity index (χ4n) is 1.85. The van der Waals surface area contributed by atoms with Crippen LogP contribution < -0.4 is 5.73 Å². The van der Waals surface area contributed by atoms with E-state index in [4.69, 9.17) is 5.73 Å². The second-order valence-corrected chi connectivity index (χ2v) is 5.30. The van der Waals surface area contributed by atoms with Gasteiger partial charge in [0, 0.05) is 24.7 Å². The lowest BCUT2D eigenvalue weighted by Gasteiger charge is -2.62. The van der Waals surface area contributed by atoms with Crippen LogP contribution in [0.4, 0.5) is 0 Å². The lowest BCUT2D eigenvalue weighted by molar-refractivity contribution is -0.118. The minimum atomic E-state index is 0. The molecule has 1 rings (SSSR count). The summed E-state index contributed by atoms with van der Waals surface area (Å²) in [6.45, 7) is 13.5. The molecule has 1 atom stereocenters. The minimum Gasteiger partial charge on any atom is -0.327 e. The number of hydrogen-bond acceptors (Lipinski definition) is 2. The van der Waals surface area contributed by atoms with Crippen LogP contribution in [0.1, 0.15) is 34.6 Å². The Bertz CT molecular complexity index is 174. The summed E-state index contributed by atoms with van der Waals surface area (Å²) in [6.07, 6.45) is 0. The van der Waals surface area contributed by atoms with Gasteiger partial charge in [0.15, 0.2) is 0 Å². The summed E-state index contributed by atoms with van der Waals surface area (Å²) in [7, 11) is 0. The molecule has 0 aliphatic carbocycles.